The second kappa shape index (κ2) is 3.74. The van der Waals surface area contributed by atoms with E-state index in [-0.39, 0.29) is 6.04 Å². The van der Waals surface area contributed by atoms with Crippen molar-refractivity contribution in [2.75, 3.05) is 12.4 Å². The van der Waals surface area contributed by atoms with E-state index in [0.717, 1.165) is 11.8 Å². The van der Waals surface area contributed by atoms with Crippen molar-refractivity contribution >= 4 is 5.95 Å². The fraction of sp³-hybridized carbons (Fsp3) is 0.750. The van der Waals surface area contributed by atoms with Crippen molar-refractivity contribution in [3.8, 4) is 0 Å². The molecule has 0 aliphatic heterocycles. The summed E-state index contributed by atoms with van der Waals surface area (Å²) in [4.78, 5) is 0. The molecule has 5 nitrogen and oxygen atoms in total. The summed E-state index contributed by atoms with van der Waals surface area (Å²) < 4.78 is 1.88. The molecule has 1 rings (SSSR count). The normalized spacial score (nSPS) is 13.4. The molecule has 5 heteroatoms. The Morgan fingerprint density at radius 3 is 2.38 bits per heavy atom. The quantitative estimate of drug-likeness (QED) is 0.716. The molecule has 1 unspecified atom stereocenters. The molecule has 13 heavy (non-hydrogen) atoms. The van der Waals surface area contributed by atoms with Crippen LogP contribution in [-0.4, -0.2) is 21.8 Å². The number of nitrogens with one attached hydrogen (secondary N) is 1. The smallest absolute Gasteiger partial charge is 0.224 e. The number of anilines is 1. The molecule has 0 radical (unpaired) electrons. The molecule has 1 atom stereocenters. The van der Waals surface area contributed by atoms with Crippen molar-refractivity contribution in [1.29, 1.82) is 0 Å². The highest BCUT2D eigenvalue weighted by molar-refractivity contribution is 5.24. The van der Waals surface area contributed by atoms with E-state index in [1.165, 1.54) is 0 Å². The van der Waals surface area contributed by atoms with Gasteiger partial charge in [-0.25, -0.2) is 0 Å². The van der Waals surface area contributed by atoms with Gasteiger partial charge in [0.05, 0.1) is 6.04 Å². The van der Waals surface area contributed by atoms with Crippen LogP contribution in [0.1, 0.15) is 25.7 Å². The van der Waals surface area contributed by atoms with E-state index >= 15 is 0 Å². The summed E-state index contributed by atoms with van der Waals surface area (Å²) in [5, 5.41) is 10.9. The van der Waals surface area contributed by atoms with E-state index in [9.17, 15) is 0 Å². The molecule has 0 amide bonds. The molecule has 3 N–H and O–H groups in total. The van der Waals surface area contributed by atoms with E-state index in [1.807, 2.05) is 18.7 Å². The summed E-state index contributed by atoms with van der Waals surface area (Å²) >= 11 is 0. The summed E-state index contributed by atoms with van der Waals surface area (Å²) in [5.74, 6) is 1.93. The van der Waals surface area contributed by atoms with Crippen LogP contribution in [0.5, 0.6) is 0 Å². The zero-order valence-electron chi connectivity index (χ0n) is 8.57. The van der Waals surface area contributed by atoms with Gasteiger partial charge in [-0.3, -0.25) is 4.57 Å². The third kappa shape index (κ3) is 1.80. The lowest BCUT2D eigenvalue weighted by atomic mass is 10.1. The number of hydrogen-bond donors (Lipinski definition) is 2. The average molecular weight is 183 g/mol. The predicted octanol–water partition coefficient (Wildman–Crippen LogP) is 0.513. The summed E-state index contributed by atoms with van der Waals surface area (Å²) in [5.41, 5.74) is 5.96. The van der Waals surface area contributed by atoms with Gasteiger partial charge in [0.2, 0.25) is 5.95 Å². The van der Waals surface area contributed by atoms with E-state index in [2.05, 4.69) is 29.4 Å². The third-order valence-electron chi connectivity index (χ3n) is 2.15. The number of nitrogens with zero attached hydrogens (tertiary/aromatic N) is 3. The summed E-state index contributed by atoms with van der Waals surface area (Å²) in [6.07, 6.45) is 0. The Morgan fingerprint density at radius 1 is 1.38 bits per heavy atom. The van der Waals surface area contributed by atoms with Gasteiger partial charge in [-0.1, -0.05) is 13.8 Å². The van der Waals surface area contributed by atoms with Crippen LogP contribution in [0.25, 0.3) is 0 Å². The van der Waals surface area contributed by atoms with Gasteiger partial charge in [-0.05, 0) is 5.92 Å². The van der Waals surface area contributed by atoms with Gasteiger partial charge in [0.1, 0.15) is 0 Å². The molecular formula is C8H17N5. The van der Waals surface area contributed by atoms with Crippen molar-refractivity contribution in [3.63, 3.8) is 0 Å². The summed E-state index contributed by atoms with van der Waals surface area (Å²) in [7, 11) is 3.72. The standard InChI is InChI=1S/C8H17N5/c1-5(2)6(9)7-11-12-8(10-3)13(7)4/h5-6H,9H2,1-4H3,(H,10,12). The van der Waals surface area contributed by atoms with Crippen LogP contribution >= 0.6 is 0 Å². The second-order valence-corrected chi connectivity index (χ2v) is 3.46. The van der Waals surface area contributed by atoms with E-state index in [1.54, 1.807) is 0 Å². The lowest BCUT2D eigenvalue weighted by Gasteiger charge is -2.14. The second-order valence-electron chi connectivity index (χ2n) is 3.46. The molecule has 1 aromatic heterocycles. The van der Waals surface area contributed by atoms with Crippen LogP contribution < -0.4 is 11.1 Å². The van der Waals surface area contributed by atoms with Crippen LogP contribution in [-0.2, 0) is 7.05 Å². The fourth-order valence-corrected chi connectivity index (χ4v) is 1.15. The Morgan fingerprint density at radius 2 is 2.00 bits per heavy atom. The molecular weight excluding hydrogens is 166 g/mol. The van der Waals surface area contributed by atoms with Gasteiger partial charge in [-0.2, -0.15) is 0 Å². The maximum atomic E-state index is 5.96. The Hall–Kier alpha value is -1.10. The average Bonchev–Trinajstić information content (AvgIpc) is 2.45. The molecule has 0 aliphatic carbocycles. The minimum Gasteiger partial charge on any atom is -0.357 e. The lowest BCUT2D eigenvalue weighted by Crippen LogP contribution is -2.21. The van der Waals surface area contributed by atoms with Crippen molar-refractivity contribution in [3.05, 3.63) is 5.82 Å². The molecule has 0 spiro atoms. The van der Waals surface area contributed by atoms with Crippen LogP contribution in [0.4, 0.5) is 5.95 Å². The van der Waals surface area contributed by atoms with Crippen molar-refractivity contribution in [2.45, 2.75) is 19.9 Å². The Bertz CT molecular complexity index is 278. The van der Waals surface area contributed by atoms with Crippen LogP contribution in [0.15, 0.2) is 0 Å². The highest BCUT2D eigenvalue weighted by Crippen LogP contribution is 2.17. The molecule has 0 bridgehead atoms. The van der Waals surface area contributed by atoms with Crippen molar-refractivity contribution in [1.82, 2.24) is 14.8 Å². The van der Waals surface area contributed by atoms with Gasteiger partial charge < -0.3 is 11.1 Å². The summed E-state index contributed by atoms with van der Waals surface area (Å²) in [6, 6.07) is -0.0559. The maximum Gasteiger partial charge on any atom is 0.224 e. The molecule has 0 saturated carbocycles. The van der Waals surface area contributed by atoms with Gasteiger partial charge >= 0.3 is 0 Å². The summed E-state index contributed by atoms with van der Waals surface area (Å²) in [6.45, 7) is 4.14. The van der Waals surface area contributed by atoms with Gasteiger partial charge in [0, 0.05) is 14.1 Å². The maximum absolute atomic E-state index is 5.96. The van der Waals surface area contributed by atoms with Gasteiger partial charge in [0.25, 0.3) is 0 Å². The fourth-order valence-electron chi connectivity index (χ4n) is 1.15. The van der Waals surface area contributed by atoms with Crippen LogP contribution in [0.3, 0.4) is 0 Å². The number of rotatable bonds is 3. The predicted molar refractivity (Wildman–Crippen MR) is 52.3 cm³/mol. The van der Waals surface area contributed by atoms with E-state index in [0.29, 0.717) is 5.92 Å². The number of hydrogen-bond acceptors (Lipinski definition) is 4. The lowest BCUT2D eigenvalue weighted by molar-refractivity contribution is 0.477. The van der Waals surface area contributed by atoms with Crippen LogP contribution in [0.2, 0.25) is 0 Å². The molecule has 1 aromatic rings. The highest BCUT2D eigenvalue weighted by atomic mass is 15.3. The SMILES string of the molecule is CNc1nnc(C(N)C(C)C)n1C. The Balaban J connectivity index is 2.95. The first-order valence-corrected chi connectivity index (χ1v) is 4.40. The first-order chi connectivity index (χ1) is 6.07. The first-order valence-electron chi connectivity index (χ1n) is 4.40. The molecule has 0 aliphatic rings. The largest absolute Gasteiger partial charge is 0.357 e. The van der Waals surface area contributed by atoms with E-state index in [4.69, 9.17) is 5.73 Å². The number of nitrogens with two attached hydrogens (primary N) is 1. The minimum atomic E-state index is -0.0559. The molecule has 1 heterocycles. The van der Waals surface area contributed by atoms with Crippen LogP contribution in [0, 0.1) is 5.92 Å². The zero-order chi connectivity index (χ0) is 10.0. The zero-order valence-corrected chi connectivity index (χ0v) is 8.57. The first kappa shape index (κ1) is 9.98. The Labute approximate surface area is 78.3 Å². The highest BCUT2D eigenvalue weighted by Gasteiger charge is 2.17. The Kier molecular flexibility index (Phi) is 2.87. The third-order valence-corrected chi connectivity index (χ3v) is 2.15. The molecule has 0 fully saturated rings. The number of aromatic nitrogens is 3. The topological polar surface area (TPSA) is 68.8 Å². The minimum absolute atomic E-state index is 0.0559. The molecule has 0 saturated heterocycles. The van der Waals surface area contributed by atoms with Gasteiger partial charge in [0.15, 0.2) is 5.82 Å². The van der Waals surface area contributed by atoms with Crippen molar-refractivity contribution in [2.24, 2.45) is 18.7 Å². The molecule has 74 valence electrons. The van der Waals surface area contributed by atoms with Crippen molar-refractivity contribution < 1.29 is 0 Å². The molecule has 0 aromatic carbocycles. The monoisotopic (exact) mass is 183 g/mol. The van der Waals surface area contributed by atoms with Gasteiger partial charge in [-0.15, -0.1) is 10.2 Å². The van der Waals surface area contributed by atoms with E-state index < -0.39 is 0 Å².